The van der Waals surface area contributed by atoms with Gasteiger partial charge in [-0.1, -0.05) is 17.7 Å². The maximum Gasteiger partial charge on any atom is 0.242 e. The summed E-state index contributed by atoms with van der Waals surface area (Å²) in [6.45, 7) is 4.75. The number of likely N-dealkylation sites (N-methyl/N-ethyl adjacent to an activating group) is 1. The van der Waals surface area contributed by atoms with Crippen molar-refractivity contribution in [2.24, 2.45) is 11.8 Å². The van der Waals surface area contributed by atoms with Gasteiger partial charge in [0.25, 0.3) is 0 Å². The first-order valence-electron chi connectivity index (χ1n) is 6.97. The Hall–Kier alpha value is -1.36. The maximum absolute atomic E-state index is 12.3. The monoisotopic (exact) mass is 298 g/mol. The molecule has 0 aromatic rings. The maximum atomic E-state index is 12.3. The van der Waals surface area contributed by atoms with E-state index in [1.807, 2.05) is 13.8 Å². The minimum atomic E-state index is -0.385. The number of carbonyl (C=O) groups is 3. The zero-order valence-electron chi connectivity index (χ0n) is 11.8. The van der Waals surface area contributed by atoms with Crippen LogP contribution in [0.2, 0.25) is 0 Å². The molecule has 1 heterocycles. The lowest BCUT2D eigenvalue weighted by atomic mass is 9.85. The number of halogens is 1. The van der Waals surface area contributed by atoms with E-state index in [2.05, 4.69) is 0 Å². The molecular formula is C14H19ClN2O3. The summed E-state index contributed by atoms with van der Waals surface area (Å²) in [5.74, 6) is -1.40. The Kier molecular flexibility index (Phi) is 4.48. The Bertz CT molecular complexity index is 471. The molecule has 0 radical (unpaired) electrons. The van der Waals surface area contributed by atoms with Gasteiger partial charge in [-0.2, -0.15) is 0 Å². The van der Waals surface area contributed by atoms with E-state index in [9.17, 15) is 14.4 Å². The summed E-state index contributed by atoms with van der Waals surface area (Å²) in [7, 11) is 0. The van der Waals surface area contributed by atoms with E-state index in [1.54, 1.807) is 11.0 Å². The van der Waals surface area contributed by atoms with E-state index in [0.29, 0.717) is 31.0 Å². The Balaban J connectivity index is 2.09. The number of nitrogens with zero attached hydrogens (tertiary/aromatic N) is 2. The summed E-state index contributed by atoms with van der Waals surface area (Å²) < 4.78 is 0. The largest absolute Gasteiger partial charge is 0.342 e. The van der Waals surface area contributed by atoms with E-state index >= 15 is 0 Å². The molecule has 0 saturated carbocycles. The molecule has 1 aliphatic heterocycles. The van der Waals surface area contributed by atoms with Gasteiger partial charge in [0, 0.05) is 18.1 Å². The molecule has 2 atom stereocenters. The number of allylic oxidation sites excluding steroid dienone is 2. The molecule has 0 unspecified atom stereocenters. The van der Waals surface area contributed by atoms with Crippen LogP contribution in [-0.4, -0.2) is 47.2 Å². The molecule has 0 N–H and O–H groups in total. The molecule has 1 fully saturated rings. The van der Waals surface area contributed by atoms with E-state index in [0.717, 1.165) is 4.90 Å². The van der Waals surface area contributed by atoms with Crippen molar-refractivity contribution in [2.45, 2.75) is 26.7 Å². The van der Waals surface area contributed by atoms with E-state index in [-0.39, 0.29) is 36.1 Å². The van der Waals surface area contributed by atoms with Crippen molar-refractivity contribution in [3.63, 3.8) is 0 Å². The zero-order chi connectivity index (χ0) is 14.9. The Labute approximate surface area is 123 Å². The topological polar surface area (TPSA) is 57.7 Å². The molecule has 3 amide bonds. The van der Waals surface area contributed by atoms with Gasteiger partial charge in [0.2, 0.25) is 17.7 Å². The number of imide groups is 1. The van der Waals surface area contributed by atoms with Crippen LogP contribution < -0.4 is 0 Å². The van der Waals surface area contributed by atoms with Gasteiger partial charge in [-0.3, -0.25) is 19.3 Å². The minimum Gasteiger partial charge on any atom is -0.342 e. The smallest absolute Gasteiger partial charge is 0.242 e. The van der Waals surface area contributed by atoms with Gasteiger partial charge in [0.05, 0.1) is 11.8 Å². The summed E-state index contributed by atoms with van der Waals surface area (Å²) in [4.78, 5) is 39.3. The Morgan fingerprint density at radius 1 is 1.30 bits per heavy atom. The standard InChI is InChI=1S/C14H19ClN2O3/c1-3-16(4-2)12(18)8-17-13(19)10-6-5-9(15)7-11(10)14(17)20/h5,10-11H,3-4,6-8H2,1-2H3/t10-,11-/m1/s1. The van der Waals surface area contributed by atoms with Crippen molar-refractivity contribution < 1.29 is 14.4 Å². The molecule has 0 aromatic heterocycles. The van der Waals surface area contributed by atoms with Crippen LogP contribution >= 0.6 is 11.6 Å². The third-order valence-corrected chi connectivity index (χ3v) is 4.38. The second-order valence-electron chi connectivity index (χ2n) is 5.13. The van der Waals surface area contributed by atoms with Crippen molar-refractivity contribution in [2.75, 3.05) is 19.6 Å². The van der Waals surface area contributed by atoms with Crippen LogP contribution in [0.3, 0.4) is 0 Å². The predicted octanol–water partition coefficient (Wildman–Crippen LogP) is 1.37. The molecule has 2 rings (SSSR count). The zero-order valence-corrected chi connectivity index (χ0v) is 12.5. The van der Waals surface area contributed by atoms with Crippen molar-refractivity contribution in [1.29, 1.82) is 0 Å². The number of amides is 3. The normalized spacial score (nSPS) is 25.6. The molecule has 5 nitrogen and oxygen atoms in total. The van der Waals surface area contributed by atoms with E-state index in [4.69, 9.17) is 11.6 Å². The quantitative estimate of drug-likeness (QED) is 0.737. The summed E-state index contributed by atoms with van der Waals surface area (Å²) in [6, 6.07) is 0. The summed E-state index contributed by atoms with van der Waals surface area (Å²) in [5.41, 5.74) is 0. The highest BCUT2D eigenvalue weighted by Gasteiger charge is 2.48. The lowest BCUT2D eigenvalue weighted by Gasteiger charge is -2.22. The van der Waals surface area contributed by atoms with Crippen molar-refractivity contribution in [3.8, 4) is 0 Å². The summed E-state index contributed by atoms with van der Waals surface area (Å²) in [6.07, 6.45) is 2.69. The average molecular weight is 299 g/mol. The molecular weight excluding hydrogens is 280 g/mol. The number of fused-ring (bicyclic) bond motifs is 1. The van der Waals surface area contributed by atoms with E-state index < -0.39 is 0 Å². The SMILES string of the molecule is CCN(CC)C(=O)CN1C(=O)[C@@H]2CC=C(Cl)C[C@H]2C1=O. The molecule has 20 heavy (non-hydrogen) atoms. The van der Waals surface area contributed by atoms with Crippen LogP contribution in [0.1, 0.15) is 26.7 Å². The van der Waals surface area contributed by atoms with Gasteiger partial charge in [0.1, 0.15) is 6.54 Å². The van der Waals surface area contributed by atoms with Crippen LogP contribution in [0.4, 0.5) is 0 Å². The van der Waals surface area contributed by atoms with Crippen LogP contribution in [0.15, 0.2) is 11.1 Å². The van der Waals surface area contributed by atoms with Crippen LogP contribution in [0.25, 0.3) is 0 Å². The Morgan fingerprint density at radius 2 is 1.90 bits per heavy atom. The highest BCUT2D eigenvalue weighted by atomic mass is 35.5. The summed E-state index contributed by atoms with van der Waals surface area (Å²) in [5, 5.41) is 0.629. The number of carbonyl (C=O) groups excluding carboxylic acids is 3. The first kappa shape index (κ1) is 15.0. The molecule has 0 spiro atoms. The highest BCUT2D eigenvalue weighted by Crippen LogP contribution is 2.38. The fraction of sp³-hybridized carbons (Fsp3) is 0.643. The molecule has 0 aromatic carbocycles. The number of likely N-dealkylation sites (tertiary alicyclic amines) is 1. The van der Waals surface area contributed by atoms with Gasteiger partial charge in [0.15, 0.2) is 0 Å². The predicted molar refractivity (Wildman–Crippen MR) is 74.8 cm³/mol. The van der Waals surface area contributed by atoms with Crippen molar-refractivity contribution in [3.05, 3.63) is 11.1 Å². The molecule has 6 heteroatoms. The van der Waals surface area contributed by atoms with Gasteiger partial charge < -0.3 is 4.90 Å². The highest BCUT2D eigenvalue weighted by molar-refractivity contribution is 6.30. The number of hydrogen-bond acceptors (Lipinski definition) is 3. The third kappa shape index (κ3) is 2.59. The average Bonchev–Trinajstić information content (AvgIpc) is 2.65. The first-order chi connectivity index (χ1) is 9.49. The van der Waals surface area contributed by atoms with Gasteiger partial charge in [-0.25, -0.2) is 0 Å². The van der Waals surface area contributed by atoms with Crippen molar-refractivity contribution >= 4 is 29.3 Å². The van der Waals surface area contributed by atoms with Gasteiger partial charge >= 0.3 is 0 Å². The van der Waals surface area contributed by atoms with Crippen LogP contribution in [0.5, 0.6) is 0 Å². The lowest BCUT2D eigenvalue weighted by Crippen LogP contribution is -2.43. The molecule has 110 valence electrons. The second kappa shape index (κ2) is 5.95. The van der Waals surface area contributed by atoms with Crippen LogP contribution in [-0.2, 0) is 14.4 Å². The summed E-state index contributed by atoms with van der Waals surface area (Å²) >= 11 is 5.95. The number of hydrogen-bond donors (Lipinski definition) is 0. The van der Waals surface area contributed by atoms with Gasteiger partial charge in [-0.15, -0.1) is 0 Å². The fourth-order valence-electron chi connectivity index (χ4n) is 2.86. The molecule has 0 bridgehead atoms. The van der Waals surface area contributed by atoms with E-state index in [1.165, 1.54) is 0 Å². The minimum absolute atomic E-state index is 0.149. The van der Waals surface area contributed by atoms with Crippen molar-refractivity contribution in [1.82, 2.24) is 9.80 Å². The van der Waals surface area contributed by atoms with Gasteiger partial charge in [-0.05, 0) is 26.7 Å². The number of rotatable bonds is 4. The Morgan fingerprint density at radius 3 is 2.50 bits per heavy atom. The lowest BCUT2D eigenvalue weighted by molar-refractivity contribution is -0.146. The third-order valence-electron chi connectivity index (χ3n) is 4.07. The molecule has 1 aliphatic carbocycles. The second-order valence-corrected chi connectivity index (χ2v) is 5.62. The van der Waals surface area contributed by atoms with Crippen LogP contribution in [0, 0.1) is 11.8 Å². The first-order valence-corrected chi connectivity index (χ1v) is 7.34. The molecule has 2 aliphatic rings. The fourth-order valence-corrected chi connectivity index (χ4v) is 3.12. The molecule has 1 saturated heterocycles.